The Balaban J connectivity index is 0.000000196. The zero-order valence-corrected chi connectivity index (χ0v) is 36.0. The molecule has 6 aromatic rings. The van der Waals surface area contributed by atoms with Crippen LogP contribution in [-0.2, 0) is 39.3 Å². The third-order valence-corrected chi connectivity index (χ3v) is 10.4. The van der Waals surface area contributed by atoms with Crippen LogP contribution in [0.1, 0.15) is 75.7 Å². The Kier molecular flexibility index (Phi) is 13.5. The van der Waals surface area contributed by atoms with E-state index in [0.717, 1.165) is 22.3 Å². The monoisotopic (exact) mass is 901 g/mol. The van der Waals surface area contributed by atoms with Gasteiger partial charge in [-0.2, -0.15) is 0 Å². The van der Waals surface area contributed by atoms with Crippen LogP contribution in [-0.4, -0.2) is 99.1 Å². The molecule has 66 heavy (non-hydrogen) atoms. The van der Waals surface area contributed by atoms with E-state index < -0.39 is 23.8 Å². The molecule has 0 bridgehead atoms. The molecule has 0 unspecified atom stereocenters. The molecule has 0 fully saturated rings. The lowest BCUT2D eigenvalue weighted by molar-refractivity contribution is 0.0686. The molecule has 4 aromatic heterocycles. The second-order valence-corrected chi connectivity index (χ2v) is 14.9. The number of furan rings is 1. The number of aromatic nitrogens is 3. The minimum Gasteiger partial charge on any atom is -0.481 e. The van der Waals surface area contributed by atoms with E-state index in [1.807, 2.05) is 0 Å². The van der Waals surface area contributed by atoms with E-state index in [1.165, 1.54) is 60.2 Å². The second-order valence-electron chi connectivity index (χ2n) is 14.9. The van der Waals surface area contributed by atoms with Gasteiger partial charge in [0.1, 0.15) is 11.5 Å². The number of carbonyl (C=O) groups excluding carboxylic acids is 4. The summed E-state index contributed by atoms with van der Waals surface area (Å²) in [7, 11) is 6.18. The van der Waals surface area contributed by atoms with Crippen LogP contribution in [0.5, 0.6) is 11.8 Å². The van der Waals surface area contributed by atoms with Gasteiger partial charge in [-0.3, -0.25) is 19.4 Å². The summed E-state index contributed by atoms with van der Waals surface area (Å²) in [6.45, 7) is 1.34. The summed E-state index contributed by atoms with van der Waals surface area (Å²) >= 11 is 0. The molecule has 21 nitrogen and oxygen atoms in total. The average molecular weight is 902 g/mol. The number of nitrogens with one attached hydrogen (secondary N) is 2. The van der Waals surface area contributed by atoms with Crippen molar-refractivity contribution >= 4 is 47.4 Å². The Hall–Kier alpha value is -8.75. The van der Waals surface area contributed by atoms with Crippen molar-refractivity contribution in [3.05, 3.63) is 148 Å². The normalized spacial score (nSPS) is 13.0. The van der Waals surface area contributed by atoms with Gasteiger partial charge in [0.15, 0.2) is 5.76 Å². The van der Waals surface area contributed by atoms with Crippen LogP contribution in [0.15, 0.2) is 100 Å². The molecule has 6 amide bonds. The van der Waals surface area contributed by atoms with Crippen LogP contribution in [0.2, 0.25) is 0 Å². The highest BCUT2D eigenvalue weighted by atomic mass is 16.5. The lowest BCUT2D eigenvalue weighted by Crippen LogP contribution is -2.44. The first-order valence-electron chi connectivity index (χ1n) is 20.1. The number of carboxylic acid groups (broad SMARTS) is 2. The highest BCUT2D eigenvalue weighted by Crippen LogP contribution is 2.32. The van der Waals surface area contributed by atoms with Gasteiger partial charge in [-0.1, -0.05) is 24.3 Å². The molecule has 2 aromatic carbocycles. The molecule has 0 aliphatic carbocycles. The summed E-state index contributed by atoms with van der Waals surface area (Å²) in [6, 6.07) is 20.5. The number of pyridine rings is 2. The quantitative estimate of drug-likeness (QED) is 0.110. The molecule has 8 rings (SSSR count). The number of aromatic carboxylic acids is 2. The molecule has 2 aliphatic heterocycles. The van der Waals surface area contributed by atoms with Crippen LogP contribution >= 0.6 is 0 Å². The molecular formula is C45H43N9O12. The van der Waals surface area contributed by atoms with Gasteiger partial charge in [0.2, 0.25) is 17.6 Å². The molecule has 0 saturated carbocycles. The molecule has 340 valence electrons. The van der Waals surface area contributed by atoms with Gasteiger partial charge in [0.25, 0.3) is 11.8 Å². The number of hydrogen-bond acceptors (Lipinski definition) is 13. The van der Waals surface area contributed by atoms with Crippen molar-refractivity contribution in [2.45, 2.75) is 39.3 Å². The van der Waals surface area contributed by atoms with Gasteiger partial charge in [0, 0.05) is 70.9 Å². The van der Waals surface area contributed by atoms with E-state index in [-0.39, 0.29) is 80.0 Å². The molecule has 0 radical (unpaired) electrons. The highest BCUT2D eigenvalue weighted by molar-refractivity contribution is 5.98. The largest absolute Gasteiger partial charge is 0.481 e. The number of ether oxygens (including phenoxy) is 2. The number of nitrogens with zero attached hydrogens (tertiary/aromatic N) is 7. The molecule has 4 N–H and O–H groups in total. The maximum Gasteiger partial charge on any atom is 0.335 e. The number of amides is 6. The van der Waals surface area contributed by atoms with Crippen molar-refractivity contribution in [2.75, 3.05) is 38.1 Å². The van der Waals surface area contributed by atoms with Crippen molar-refractivity contribution in [1.82, 2.24) is 35.4 Å². The summed E-state index contributed by atoms with van der Waals surface area (Å²) in [6.07, 6.45) is 3.17. The predicted octanol–water partition coefficient (Wildman–Crippen LogP) is 5.16. The molecule has 0 saturated heterocycles. The fourth-order valence-corrected chi connectivity index (χ4v) is 6.90. The van der Waals surface area contributed by atoms with Crippen molar-refractivity contribution < 1.29 is 57.3 Å². The lowest BCUT2D eigenvalue weighted by Gasteiger charge is -2.32. The van der Waals surface area contributed by atoms with E-state index in [0.29, 0.717) is 28.9 Å². The first-order valence-corrected chi connectivity index (χ1v) is 20.1. The number of rotatable bonds is 14. The number of carbonyl (C=O) groups is 6. The number of methoxy groups -OCH3 is 2. The van der Waals surface area contributed by atoms with Gasteiger partial charge in [-0.25, -0.2) is 34.1 Å². The SMILES string of the molecule is COc1cc(CNC(=O)c2cc3c(o2)CN(Cc2ccc(C(=O)O)cc2)C(=O)N3C)ccn1.COc1cc(CNC(=O)c2nc3c(o2)N(C)C(=O)N(Cc2ccc(C(=O)O)cc2)C3)ccn1. The maximum atomic E-state index is 12.8. The number of oxazole rings is 1. The van der Waals surface area contributed by atoms with E-state index in [9.17, 15) is 28.8 Å². The predicted molar refractivity (Wildman–Crippen MR) is 232 cm³/mol. The lowest BCUT2D eigenvalue weighted by atomic mass is 10.1. The summed E-state index contributed by atoms with van der Waals surface area (Å²) in [5.41, 5.74) is 4.48. The number of hydrogen-bond donors (Lipinski definition) is 4. The molecule has 0 atom stereocenters. The van der Waals surface area contributed by atoms with E-state index in [1.54, 1.807) is 78.9 Å². The summed E-state index contributed by atoms with van der Waals surface area (Å²) in [4.78, 5) is 91.0. The third kappa shape index (κ3) is 10.4. The average Bonchev–Trinajstić information content (AvgIpc) is 3.97. The van der Waals surface area contributed by atoms with Gasteiger partial charge in [-0.15, -0.1) is 0 Å². The minimum absolute atomic E-state index is 0.105. The fraction of sp³-hybridized carbons (Fsp3) is 0.222. The molecule has 21 heteroatoms. The van der Waals surface area contributed by atoms with Crippen molar-refractivity contribution in [3.63, 3.8) is 0 Å². The van der Waals surface area contributed by atoms with Crippen LogP contribution in [0.25, 0.3) is 0 Å². The Bertz CT molecular complexity index is 2600. The second kappa shape index (κ2) is 19.7. The maximum absolute atomic E-state index is 12.8. The van der Waals surface area contributed by atoms with Crippen LogP contribution < -0.4 is 29.9 Å². The van der Waals surface area contributed by atoms with Crippen molar-refractivity contribution in [2.24, 2.45) is 0 Å². The number of carboxylic acids is 2. The Morgan fingerprint density at radius 1 is 0.652 bits per heavy atom. The van der Waals surface area contributed by atoms with Crippen molar-refractivity contribution in [3.8, 4) is 11.8 Å². The van der Waals surface area contributed by atoms with Crippen LogP contribution in [0.3, 0.4) is 0 Å². The molecular weight excluding hydrogens is 859 g/mol. The molecule has 0 spiro atoms. The zero-order chi connectivity index (χ0) is 47.1. The van der Waals surface area contributed by atoms with Crippen LogP contribution in [0, 0.1) is 0 Å². The van der Waals surface area contributed by atoms with Crippen LogP contribution in [0.4, 0.5) is 21.2 Å². The summed E-state index contributed by atoms with van der Waals surface area (Å²) < 4.78 is 21.5. The van der Waals surface area contributed by atoms with E-state index in [2.05, 4.69) is 25.6 Å². The van der Waals surface area contributed by atoms with Gasteiger partial charge < -0.3 is 49.0 Å². The summed E-state index contributed by atoms with van der Waals surface area (Å²) in [5.74, 6) is -1.39. The summed E-state index contributed by atoms with van der Waals surface area (Å²) in [5, 5.41) is 23.6. The third-order valence-electron chi connectivity index (χ3n) is 10.4. The first kappa shape index (κ1) is 45.3. The Labute approximate surface area is 376 Å². The number of fused-ring (bicyclic) bond motifs is 2. The Morgan fingerprint density at radius 2 is 1.15 bits per heavy atom. The van der Waals surface area contributed by atoms with Gasteiger partial charge in [0.05, 0.1) is 44.1 Å². The van der Waals surface area contributed by atoms with Gasteiger partial charge in [-0.05, 0) is 58.7 Å². The highest BCUT2D eigenvalue weighted by Gasteiger charge is 2.35. The standard InChI is InChI=1S/C23H22N4O6.C22H21N5O6/c1-26-17-10-18(21(28)25-11-15-7-8-24-20(9-15)32-2)33-19(17)13-27(23(26)31)12-14-3-5-16(6-4-14)22(29)30;1-26-20-16(12-27(22(26)31)11-13-3-5-15(6-4-13)21(29)30)25-19(33-20)18(28)24-10-14-7-8-23-17(9-14)32-2/h3-10H,11-13H2,1-2H3,(H,25,28)(H,29,30);3-9H,10-12H2,1-2H3,(H,24,28)(H,29,30). The fourth-order valence-electron chi connectivity index (χ4n) is 6.90. The number of benzene rings is 2. The minimum atomic E-state index is -1.02. The Morgan fingerprint density at radius 3 is 1.67 bits per heavy atom. The van der Waals surface area contributed by atoms with Gasteiger partial charge >= 0.3 is 29.9 Å². The number of urea groups is 2. The molecule has 6 heterocycles. The topological polar surface area (TPSA) is 263 Å². The smallest absolute Gasteiger partial charge is 0.335 e. The van der Waals surface area contributed by atoms with Crippen molar-refractivity contribution in [1.29, 1.82) is 0 Å². The zero-order valence-electron chi connectivity index (χ0n) is 36.0. The molecule has 2 aliphatic rings. The van der Waals surface area contributed by atoms with E-state index in [4.69, 9.17) is 28.5 Å². The first-order chi connectivity index (χ1) is 31.7. The number of anilines is 2. The van der Waals surface area contributed by atoms with E-state index >= 15 is 0 Å².